The van der Waals surface area contributed by atoms with Gasteiger partial charge >= 0.3 is 0 Å². The largest absolute Gasteiger partial charge is 0.335 e. The fourth-order valence-electron chi connectivity index (χ4n) is 2.89. The molecule has 4 heteroatoms. The van der Waals surface area contributed by atoms with Crippen LogP contribution >= 0.6 is 15.9 Å². The van der Waals surface area contributed by atoms with E-state index in [9.17, 15) is 4.79 Å². The van der Waals surface area contributed by atoms with Crippen molar-refractivity contribution in [2.75, 3.05) is 13.1 Å². The molecule has 20 heavy (non-hydrogen) atoms. The van der Waals surface area contributed by atoms with E-state index in [0.29, 0.717) is 11.9 Å². The fourth-order valence-corrected chi connectivity index (χ4v) is 3.30. The van der Waals surface area contributed by atoms with Crippen molar-refractivity contribution in [3.63, 3.8) is 0 Å². The lowest BCUT2D eigenvalue weighted by atomic mass is 9.96. The number of benzene rings is 1. The standard InChI is InChI=1S/C16H21BrN2O/c17-15-4-2-1-3-13(15)11-19(14-5-6-14)16(20)12-7-9-18-10-8-12/h1-4,12,14,18H,5-11H2. The van der Waals surface area contributed by atoms with Crippen LogP contribution in [0.25, 0.3) is 0 Å². The van der Waals surface area contributed by atoms with Crippen LogP contribution in [0.5, 0.6) is 0 Å². The van der Waals surface area contributed by atoms with Gasteiger partial charge in [-0.15, -0.1) is 0 Å². The molecule has 0 spiro atoms. The molecule has 1 aliphatic heterocycles. The van der Waals surface area contributed by atoms with Gasteiger partial charge in [0.15, 0.2) is 0 Å². The Morgan fingerprint density at radius 2 is 1.90 bits per heavy atom. The van der Waals surface area contributed by atoms with Gasteiger partial charge in [-0.3, -0.25) is 4.79 Å². The monoisotopic (exact) mass is 336 g/mol. The average molecular weight is 337 g/mol. The summed E-state index contributed by atoms with van der Waals surface area (Å²) in [6, 6.07) is 8.69. The topological polar surface area (TPSA) is 32.3 Å². The number of carbonyl (C=O) groups excluding carboxylic acids is 1. The summed E-state index contributed by atoms with van der Waals surface area (Å²) in [4.78, 5) is 14.9. The second-order valence-electron chi connectivity index (χ2n) is 5.81. The molecule has 0 aromatic heterocycles. The Balaban J connectivity index is 1.72. The van der Waals surface area contributed by atoms with Crippen molar-refractivity contribution >= 4 is 21.8 Å². The van der Waals surface area contributed by atoms with Crippen molar-refractivity contribution < 1.29 is 4.79 Å². The minimum absolute atomic E-state index is 0.222. The predicted octanol–water partition coefficient (Wildman–Crippen LogP) is 2.94. The number of nitrogens with zero attached hydrogens (tertiary/aromatic N) is 1. The van der Waals surface area contributed by atoms with Crippen LogP contribution in [0.1, 0.15) is 31.2 Å². The second-order valence-corrected chi connectivity index (χ2v) is 6.67. The molecule has 1 aromatic rings. The lowest BCUT2D eigenvalue weighted by Crippen LogP contribution is -2.41. The Labute approximate surface area is 128 Å². The summed E-state index contributed by atoms with van der Waals surface area (Å²) in [5, 5.41) is 3.33. The van der Waals surface area contributed by atoms with Crippen LogP contribution in [-0.2, 0) is 11.3 Å². The molecule has 3 nitrogen and oxygen atoms in total. The smallest absolute Gasteiger partial charge is 0.226 e. The van der Waals surface area contributed by atoms with E-state index in [0.717, 1.165) is 36.9 Å². The van der Waals surface area contributed by atoms with E-state index in [-0.39, 0.29) is 5.92 Å². The van der Waals surface area contributed by atoms with E-state index >= 15 is 0 Å². The summed E-state index contributed by atoms with van der Waals surface area (Å²) >= 11 is 3.59. The highest BCUT2D eigenvalue weighted by Gasteiger charge is 2.36. The molecule has 0 atom stereocenters. The zero-order chi connectivity index (χ0) is 13.9. The molecule has 3 rings (SSSR count). The maximum absolute atomic E-state index is 12.8. The Morgan fingerprint density at radius 1 is 1.20 bits per heavy atom. The van der Waals surface area contributed by atoms with Gasteiger partial charge in [-0.2, -0.15) is 0 Å². The second kappa shape index (κ2) is 6.27. The molecule has 0 unspecified atom stereocenters. The lowest BCUT2D eigenvalue weighted by Gasteiger charge is -2.30. The number of amides is 1. The highest BCUT2D eigenvalue weighted by Crippen LogP contribution is 2.32. The first-order valence-electron chi connectivity index (χ1n) is 7.50. The van der Waals surface area contributed by atoms with Gasteiger partial charge in [0.25, 0.3) is 0 Å². The minimum atomic E-state index is 0.222. The number of halogens is 1. The summed E-state index contributed by atoms with van der Waals surface area (Å²) in [6.07, 6.45) is 4.30. The molecular weight excluding hydrogens is 316 g/mol. The molecular formula is C16H21BrN2O. The number of nitrogens with one attached hydrogen (secondary N) is 1. The van der Waals surface area contributed by atoms with Crippen LogP contribution in [0.2, 0.25) is 0 Å². The molecule has 2 fully saturated rings. The first-order chi connectivity index (χ1) is 9.75. The summed E-state index contributed by atoms with van der Waals surface area (Å²) < 4.78 is 1.10. The molecule has 1 saturated heterocycles. The first-order valence-corrected chi connectivity index (χ1v) is 8.29. The van der Waals surface area contributed by atoms with Crippen LogP contribution in [0, 0.1) is 5.92 Å². The molecule has 0 radical (unpaired) electrons. The van der Waals surface area contributed by atoms with Crippen LogP contribution in [0.4, 0.5) is 0 Å². The van der Waals surface area contributed by atoms with Crippen molar-refractivity contribution in [2.24, 2.45) is 5.92 Å². The zero-order valence-corrected chi connectivity index (χ0v) is 13.2. The quantitative estimate of drug-likeness (QED) is 0.916. The third kappa shape index (κ3) is 3.23. The van der Waals surface area contributed by atoms with Gasteiger partial charge < -0.3 is 10.2 Å². The van der Waals surface area contributed by atoms with E-state index in [4.69, 9.17) is 0 Å². The van der Waals surface area contributed by atoms with E-state index in [1.54, 1.807) is 0 Å². The molecule has 1 aliphatic carbocycles. The van der Waals surface area contributed by atoms with E-state index in [1.165, 1.54) is 18.4 Å². The first kappa shape index (κ1) is 14.1. The number of hydrogen-bond donors (Lipinski definition) is 1. The van der Waals surface area contributed by atoms with Gasteiger partial charge in [0.1, 0.15) is 0 Å². The maximum atomic E-state index is 12.8. The maximum Gasteiger partial charge on any atom is 0.226 e. The predicted molar refractivity (Wildman–Crippen MR) is 83.3 cm³/mol. The van der Waals surface area contributed by atoms with Crippen molar-refractivity contribution in [1.29, 1.82) is 0 Å². The SMILES string of the molecule is O=C(C1CCNCC1)N(Cc1ccccc1Br)C1CC1. The Hall–Kier alpha value is -0.870. The molecule has 2 aliphatic rings. The van der Waals surface area contributed by atoms with Gasteiger partial charge in [-0.05, 0) is 50.4 Å². The number of hydrogen-bond acceptors (Lipinski definition) is 2. The summed E-state index contributed by atoms with van der Waals surface area (Å²) in [5.41, 5.74) is 1.21. The van der Waals surface area contributed by atoms with Gasteiger partial charge in [-0.1, -0.05) is 34.1 Å². The lowest BCUT2D eigenvalue weighted by molar-refractivity contribution is -0.137. The van der Waals surface area contributed by atoms with E-state index in [1.807, 2.05) is 12.1 Å². The number of rotatable bonds is 4. The third-order valence-electron chi connectivity index (χ3n) is 4.26. The Morgan fingerprint density at radius 3 is 2.55 bits per heavy atom. The fraction of sp³-hybridized carbons (Fsp3) is 0.562. The van der Waals surface area contributed by atoms with Crippen molar-refractivity contribution in [3.05, 3.63) is 34.3 Å². The van der Waals surface area contributed by atoms with Crippen LogP contribution in [0.15, 0.2) is 28.7 Å². The molecule has 1 amide bonds. The van der Waals surface area contributed by atoms with Gasteiger partial charge in [0.05, 0.1) is 0 Å². The van der Waals surface area contributed by atoms with Gasteiger partial charge in [-0.25, -0.2) is 0 Å². The van der Waals surface area contributed by atoms with Crippen molar-refractivity contribution in [1.82, 2.24) is 10.2 Å². The van der Waals surface area contributed by atoms with Crippen molar-refractivity contribution in [3.8, 4) is 0 Å². The van der Waals surface area contributed by atoms with Gasteiger partial charge in [0.2, 0.25) is 5.91 Å². The van der Waals surface area contributed by atoms with E-state index in [2.05, 4.69) is 38.3 Å². The van der Waals surface area contributed by atoms with Crippen LogP contribution in [-0.4, -0.2) is 29.9 Å². The Bertz CT molecular complexity index is 481. The molecule has 1 N–H and O–H groups in total. The summed E-state index contributed by atoms with van der Waals surface area (Å²) in [6.45, 7) is 2.70. The van der Waals surface area contributed by atoms with Crippen molar-refractivity contribution in [2.45, 2.75) is 38.3 Å². The summed E-state index contributed by atoms with van der Waals surface area (Å²) in [7, 11) is 0. The third-order valence-corrected chi connectivity index (χ3v) is 5.03. The molecule has 1 aromatic carbocycles. The molecule has 0 bridgehead atoms. The highest BCUT2D eigenvalue weighted by molar-refractivity contribution is 9.10. The molecule has 108 valence electrons. The molecule has 1 heterocycles. The zero-order valence-electron chi connectivity index (χ0n) is 11.6. The molecule has 1 saturated carbocycles. The van der Waals surface area contributed by atoms with Crippen LogP contribution in [0.3, 0.4) is 0 Å². The number of piperidine rings is 1. The average Bonchev–Trinajstić information content (AvgIpc) is 3.31. The summed E-state index contributed by atoms with van der Waals surface area (Å²) in [5.74, 6) is 0.587. The van der Waals surface area contributed by atoms with Gasteiger partial charge in [0, 0.05) is 23.0 Å². The Kier molecular flexibility index (Phi) is 4.41. The van der Waals surface area contributed by atoms with Crippen LogP contribution < -0.4 is 5.32 Å². The highest BCUT2D eigenvalue weighted by atomic mass is 79.9. The van der Waals surface area contributed by atoms with E-state index < -0.39 is 0 Å². The minimum Gasteiger partial charge on any atom is -0.335 e. The number of carbonyl (C=O) groups is 1. The normalized spacial score (nSPS) is 19.9.